The number of nitrogens with one attached hydrogen (secondary N) is 1. The summed E-state index contributed by atoms with van der Waals surface area (Å²) in [4.78, 5) is 36.7. The van der Waals surface area contributed by atoms with Crippen LogP contribution in [0, 0.1) is 0 Å². The predicted octanol–water partition coefficient (Wildman–Crippen LogP) is 3.13. The van der Waals surface area contributed by atoms with Gasteiger partial charge in [-0.1, -0.05) is 0 Å². The van der Waals surface area contributed by atoms with Crippen LogP contribution >= 0.6 is 37.9 Å². The average Bonchev–Trinajstić information content (AvgIpc) is 2.61. The lowest BCUT2D eigenvalue weighted by atomic mass is 9.97. The Kier molecular flexibility index (Phi) is 10.2. The highest BCUT2D eigenvalue weighted by molar-refractivity contribution is 7.80. The first kappa shape index (κ1) is 21.1. The summed E-state index contributed by atoms with van der Waals surface area (Å²) in [7, 11) is 0. The van der Waals surface area contributed by atoms with Crippen LogP contribution in [0.5, 0.6) is 0 Å². The van der Waals surface area contributed by atoms with Gasteiger partial charge in [0.15, 0.2) is 11.6 Å². The molecule has 1 aromatic rings. The Morgan fingerprint density at radius 1 is 0.750 bits per heavy atom. The molecule has 7 heteroatoms. The molecule has 0 heterocycles. The zero-order valence-corrected chi connectivity index (χ0v) is 16.1. The van der Waals surface area contributed by atoms with Gasteiger partial charge in [0.25, 0.3) is 5.91 Å². The van der Waals surface area contributed by atoms with Gasteiger partial charge < -0.3 is 5.32 Å². The highest BCUT2D eigenvalue weighted by Gasteiger charge is 2.16. The number of Topliss-reactive ketones (excluding diaryl/α,β-unsaturated/α-hetero) is 2. The quantitative estimate of drug-likeness (QED) is 0.350. The zero-order valence-electron chi connectivity index (χ0n) is 13.5. The fourth-order valence-electron chi connectivity index (χ4n) is 2.12. The van der Waals surface area contributed by atoms with Crippen molar-refractivity contribution in [3.63, 3.8) is 0 Å². The van der Waals surface area contributed by atoms with Crippen molar-refractivity contribution in [1.82, 2.24) is 5.32 Å². The van der Waals surface area contributed by atoms with Gasteiger partial charge in [-0.05, 0) is 42.5 Å². The maximum absolute atomic E-state index is 12.3. The third-order valence-corrected chi connectivity index (χ3v) is 4.22. The van der Waals surface area contributed by atoms with Gasteiger partial charge in [0.1, 0.15) is 0 Å². The topological polar surface area (TPSA) is 63.2 Å². The molecular weight excluding hydrogens is 362 g/mol. The van der Waals surface area contributed by atoms with E-state index in [1.54, 1.807) is 18.2 Å². The van der Waals surface area contributed by atoms with Gasteiger partial charge in [0.2, 0.25) is 0 Å². The lowest BCUT2D eigenvalue weighted by molar-refractivity contribution is 0.0956. The summed E-state index contributed by atoms with van der Waals surface area (Å²) in [5.74, 6) is 1.26. The first-order chi connectivity index (χ1) is 11.5. The fraction of sp³-hybridized carbons (Fsp3) is 0.471. The second kappa shape index (κ2) is 11.6. The molecule has 0 radical (unpaired) electrons. The molecular formula is C17H23NO3S3. The van der Waals surface area contributed by atoms with Crippen molar-refractivity contribution in [2.24, 2.45) is 0 Å². The largest absolute Gasteiger partial charge is 0.351 e. The van der Waals surface area contributed by atoms with Crippen molar-refractivity contribution in [2.75, 3.05) is 23.8 Å². The van der Waals surface area contributed by atoms with Gasteiger partial charge in [-0.25, -0.2) is 0 Å². The van der Waals surface area contributed by atoms with E-state index in [-0.39, 0.29) is 17.5 Å². The molecule has 0 saturated carbocycles. The molecule has 4 nitrogen and oxygen atoms in total. The number of benzene rings is 1. The lowest BCUT2D eigenvalue weighted by Crippen LogP contribution is -2.26. The lowest BCUT2D eigenvalue weighted by Gasteiger charge is -2.09. The Hall–Kier alpha value is -0.920. The van der Waals surface area contributed by atoms with Gasteiger partial charge >= 0.3 is 0 Å². The van der Waals surface area contributed by atoms with Gasteiger partial charge in [-0.15, -0.1) is 0 Å². The van der Waals surface area contributed by atoms with Crippen LogP contribution in [0.25, 0.3) is 0 Å². The van der Waals surface area contributed by atoms with E-state index < -0.39 is 0 Å². The zero-order chi connectivity index (χ0) is 17.9. The van der Waals surface area contributed by atoms with Crippen LogP contribution in [0.3, 0.4) is 0 Å². The third kappa shape index (κ3) is 6.91. The molecule has 1 rings (SSSR count). The molecule has 1 aromatic carbocycles. The maximum atomic E-state index is 12.3. The maximum Gasteiger partial charge on any atom is 0.251 e. The number of thiol groups is 3. The number of carbonyl (C=O) groups is 3. The summed E-state index contributed by atoms with van der Waals surface area (Å²) >= 11 is 12.3. The molecule has 0 aliphatic rings. The van der Waals surface area contributed by atoms with Crippen LogP contribution in [0.4, 0.5) is 0 Å². The molecule has 1 amide bonds. The Balaban J connectivity index is 3.11. The van der Waals surface area contributed by atoms with Crippen LogP contribution in [-0.2, 0) is 0 Å². The van der Waals surface area contributed by atoms with Crippen LogP contribution < -0.4 is 5.32 Å². The monoisotopic (exact) mass is 385 g/mol. The van der Waals surface area contributed by atoms with E-state index in [2.05, 4.69) is 43.2 Å². The summed E-state index contributed by atoms with van der Waals surface area (Å²) in [6.07, 6.45) is 1.99. The van der Waals surface area contributed by atoms with Gasteiger partial charge in [-0.2, -0.15) is 37.9 Å². The molecule has 0 unspecified atom stereocenters. The number of carbonyl (C=O) groups excluding carboxylic acids is 3. The van der Waals surface area contributed by atoms with E-state index in [0.29, 0.717) is 66.2 Å². The Labute approximate surface area is 159 Å². The molecule has 24 heavy (non-hydrogen) atoms. The first-order valence-corrected chi connectivity index (χ1v) is 9.75. The van der Waals surface area contributed by atoms with E-state index in [0.717, 1.165) is 0 Å². The molecule has 0 aliphatic carbocycles. The smallest absolute Gasteiger partial charge is 0.251 e. The molecule has 0 aromatic heterocycles. The molecule has 0 saturated heterocycles. The van der Waals surface area contributed by atoms with E-state index >= 15 is 0 Å². The summed E-state index contributed by atoms with van der Waals surface area (Å²) in [5.41, 5.74) is 1.11. The molecule has 1 N–H and O–H groups in total. The first-order valence-electron chi connectivity index (χ1n) is 7.85. The fourth-order valence-corrected chi connectivity index (χ4v) is 2.55. The number of amides is 1. The number of rotatable bonds is 11. The average molecular weight is 386 g/mol. The summed E-state index contributed by atoms with van der Waals surface area (Å²) in [6, 6.07) is 4.67. The van der Waals surface area contributed by atoms with Gasteiger partial charge in [0.05, 0.1) is 0 Å². The highest BCUT2D eigenvalue weighted by Crippen LogP contribution is 2.16. The Morgan fingerprint density at radius 3 is 1.62 bits per heavy atom. The molecule has 0 fully saturated rings. The van der Waals surface area contributed by atoms with Crippen LogP contribution in [0.15, 0.2) is 18.2 Å². The summed E-state index contributed by atoms with van der Waals surface area (Å²) < 4.78 is 0. The second-order valence-corrected chi connectivity index (χ2v) is 6.62. The van der Waals surface area contributed by atoms with Gasteiger partial charge in [-0.3, -0.25) is 14.4 Å². The van der Waals surface area contributed by atoms with Crippen LogP contribution in [0.2, 0.25) is 0 Å². The van der Waals surface area contributed by atoms with Crippen molar-refractivity contribution >= 4 is 55.4 Å². The van der Waals surface area contributed by atoms with Crippen molar-refractivity contribution in [3.05, 3.63) is 34.9 Å². The second-order valence-electron chi connectivity index (χ2n) is 5.28. The van der Waals surface area contributed by atoms with Crippen LogP contribution in [-0.4, -0.2) is 41.3 Å². The van der Waals surface area contributed by atoms with Crippen LogP contribution in [0.1, 0.15) is 56.8 Å². The van der Waals surface area contributed by atoms with E-state index in [4.69, 9.17) is 0 Å². The van der Waals surface area contributed by atoms with E-state index in [1.807, 2.05) is 0 Å². The van der Waals surface area contributed by atoms with Gasteiger partial charge in [0, 0.05) is 41.8 Å². The molecule has 0 spiro atoms. The predicted molar refractivity (Wildman–Crippen MR) is 107 cm³/mol. The minimum atomic E-state index is -0.309. The SMILES string of the molecule is O=C(CCCS)c1cc(C(=O)CCCS)cc(C(=O)NCCS)c1. The third-order valence-electron chi connectivity index (χ3n) is 3.36. The number of hydrogen-bond acceptors (Lipinski definition) is 6. The summed E-state index contributed by atoms with van der Waals surface area (Å²) in [6.45, 7) is 0.419. The van der Waals surface area contributed by atoms with Crippen molar-refractivity contribution in [1.29, 1.82) is 0 Å². The molecule has 0 bridgehead atoms. The standard InChI is InChI=1S/C17H23NO3S3/c19-15(3-1-6-22)12-9-13(16(20)4-2-7-23)11-14(10-12)17(21)18-5-8-24/h9-11,22-24H,1-8H2,(H,18,21). The Bertz CT molecular complexity index is 497. The number of hydrogen-bond donors (Lipinski definition) is 4. The summed E-state index contributed by atoms with van der Waals surface area (Å²) in [5, 5.41) is 2.70. The van der Waals surface area contributed by atoms with E-state index in [1.165, 1.54) is 0 Å². The highest BCUT2D eigenvalue weighted by atomic mass is 32.1. The normalized spacial score (nSPS) is 10.5. The van der Waals surface area contributed by atoms with E-state index in [9.17, 15) is 14.4 Å². The number of ketones is 2. The Morgan fingerprint density at radius 2 is 1.21 bits per heavy atom. The van der Waals surface area contributed by atoms with Crippen molar-refractivity contribution in [2.45, 2.75) is 25.7 Å². The minimum Gasteiger partial charge on any atom is -0.351 e. The molecule has 132 valence electrons. The minimum absolute atomic E-state index is 0.0869. The van der Waals surface area contributed by atoms with Crippen molar-refractivity contribution < 1.29 is 14.4 Å². The van der Waals surface area contributed by atoms with Crippen molar-refractivity contribution in [3.8, 4) is 0 Å². The molecule has 0 atom stereocenters. The molecule has 0 aliphatic heterocycles.